The molecule has 0 aliphatic carbocycles. The van der Waals surface area contributed by atoms with Gasteiger partial charge in [-0.05, 0) is 20.8 Å². The first-order chi connectivity index (χ1) is 9.34. The number of hydrogen-bond donors (Lipinski definition) is 0. The lowest BCUT2D eigenvalue weighted by atomic mass is 10.3. The minimum absolute atomic E-state index is 0.125. The van der Waals surface area contributed by atoms with Gasteiger partial charge in [-0.25, -0.2) is 18.2 Å². The van der Waals surface area contributed by atoms with Gasteiger partial charge in [0.05, 0.1) is 18.1 Å². The molecule has 0 N–H and O–H groups in total. The van der Waals surface area contributed by atoms with Crippen molar-refractivity contribution in [1.29, 1.82) is 0 Å². The number of ether oxygens (including phenoxy) is 1. The molecule has 0 amide bonds. The van der Waals surface area contributed by atoms with Crippen LogP contribution in [0.1, 0.15) is 29.2 Å². The van der Waals surface area contributed by atoms with Crippen molar-refractivity contribution < 1.29 is 17.9 Å². The van der Waals surface area contributed by atoms with Gasteiger partial charge in [-0.3, -0.25) is 0 Å². The van der Waals surface area contributed by atoms with Gasteiger partial charge < -0.3 is 9.64 Å². The van der Waals surface area contributed by atoms with Gasteiger partial charge in [0, 0.05) is 17.5 Å². The summed E-state index contributed by atoms with van der Waals surface area (Å²) < 4.78 is 28.1. The number of carbonyl (C=O) groups excluding carboxylic acids is 1. The molecule has 1 atom stereocenters. The summed E-state index contributed by atoms with van der Waals surface area (Å²) in [6.07, 6.45) is 0. The van der Waals surface area contributed by atoms with Crippen molar-refractivity contribution in [2.24, 2.45) is 0 Å². The average Bonchev–Trinajstić information content (AvgIpc) is 2.70. The fraction of sp³-hybridized carbons (Fsp3) is 0.667. The zero-order chi connectivity index (χ0) is 14.9. The second-order valence-corrected chi connectivity index (χ2v) is 8.19. The van der Waals surface area contributed by atoms with Crippen molar-refractivity contribution in [3.63, 3.8) is 0 Å². The highest BCUT2D eigenvalue weighted by Gasteiger charge is 2.31. The standard InChI is InChI=1S/C12H18N2O4S2/c1-4-18-11(15)10-9(3)19-12(13-10)14-5-6-20(16,17)7-8(14)2/h8H,4-7H2,1-3H3. The number of aromatic nitrogens is 1. The second-order valence-electron chi connectivity index (χ2n) is 4.78. The van der Waals surface area contributed by atoms with Crippen LogP contribution in [0.3, 0.4) is 0 Å². The Morgan fingerprint density at radius 3 is 2.85 bits per heavy atom. The summed E-state index contributed by atoms with van der Waals surface area (Å²) in [5, 5.41) is 0.688. The van der Waals surface area contributed by atoms with Crippen molar-refractivity contribution in [1.82, 2.24) is 4.98 Å². The molecule has 2 rings (SSSR count). The average molecular weight is 318 g/mol. The number of sulfone groups is 1. The first-order valence-electron chi connectivity index (χ1n) is 6.45. The number of esters is 1. The topological polar surface area (TPSA) is 76.6 Å². The number of carbonyl (C=O) groups is 1. The Bertz CT molecular complexity index is 609. The molecule has 1 saturated heterocycles. The van der Waals surface area contributed by atoms with E-state index in [9.17, 15) is 13.2 Å². The number of anilines is 1. The lowest BCUT2D eigenvalue weighted by Crippen LogP contribution is -2.47. The number of thiazole rings is 1. The van der Waals surface area contributed by atoms with Gasteiger partial charge in [-0.15, -0.1) is 11.3 Å². The molecular formula is C12H18N2O4S2. The van der Waals surface area contributed by atoms with Crippen LogP contribution in [0, 0.1) is 6.92 Å². The van der Waals surface area contributed by atoms with Crippen LogP contribution >= 0.6 is 11.3 Å². The summed E-state index contributed by atoms with van der Waals surface area (Å²) in [4.78, 5) is 18.8. The van der Waals surface area contributed by atoms with Crippen LogP contribution in [0.25, 0.3) is 0 Å². The third-order valence-corrected chi connectivity index (χ3v) is 5.97. The molecule has 6 nitrogen and oxygen atoms in total. The molecule has 1 aliphatic heterocycles. The van der Waals surface area contributed by atoms with E-state index in [0.29, 0.717) is 24.0 Å². The highest BCUT2D eigenvalue weighted by atomic mass is 32.2. The third-order valence-electron chi connectivity index (χ3n) is 3.17. The van der Waals surface area contributed by atoms with Gasteiger partial charge in [0.25, 0.3) is 0 Å². The zero-order valence-corrected chi connectivity index (χ0v) is 13.4. The fourth-order valence-electron chi connectivity index (χ4n) is 2.18. The van der Waals surface area contributed by atoms with E-state index in [2.05, 4.69) is 4.98 Å². The Morgan fingerprint density at radius 1 is 1.55 bits per heavy atom. The summed E-state index contributed by atoms with van der Waals surface area (Å²) in [7, 11) is -2.96. The van der Waals surface area contributed by atoms with Gasteiger partial charge >= 0.3 is 5.97 Å². The Balaban J connectivity index is 2.22. The molecule has 1 aromatic rings. The van der Waals surface area contributed by atoms with Crippen molar-refractivity contribution in [3.05, 3.63) is 10.6 Å². The molecule has 20 heavy (non-hydrogen) atoms. The molecule has 8 heteroatoms. The number of nitrogens with zero attached hydrogens (tertiary/aromatic N) is 2. The lowest BCUT2D eigenvalue weighted by Gasteiger charge is -2.32. The largest absolute Gasteiger partial charge is 0.461 e. The molecule has 0 radical (unpaired) electrons. The molecule has 1 aromatic heterocycles. The van der Waals surface area contributed by atoms with E-state index in [1.54, 1.807) is 6.92 Å². The van der Waals surface area contributed by atoms with Gasteiger partial charge in [0.2, 0.25) is 0 Å². The van der Waals surface area contributed by atoms with Crippen LogP contribution in [0.15, 0.2) is 0 Å². The normalized spacial score (nSPS) is 21.8. The quantitative estimate of drug-likeness (QED) is 0.781. The highest BCUT2D eigenvalue weighted by Crippen LogP contribution is 2.29. The Hall–Kier alpha value is -1.15. The van der Waals surface area contributed by atoms with Crippen molar-refractivity contribution in [2.75, 3.05) is 29.6 Å². The molecular weight excluding hydrogens is 300 g/mol. The zero-order valence-electron chi connectivity index (χ0n) is 11.7. The summed E-state index contributed by atoms with van der Waals surface area (Å²) in [5.74, 6) is -0.171. The van der Waals surface area contributed by atoms with E-state index >= 15 is 0 Å². The highest BCUT2D eigenvalue weighted by molar-refractivity contribution is 7.91. The van der Waals surface area contributed by atoms with Crippen LogP contribution in [0.4, 0.5) is 5.13 Å². The van der Waals surface area contributed by atoms with E-state index in [-0.39, 0.29) is 17.5 Å². The SMILES string of the molecule is CCOC(=O)c1nc(N2CCS(=O)(=O)CC2C)sc1C. The van der Waals surface area contributed by atoms with Crippen molar-refractivity contribution in [3.8, 4) is 0 Å². The van der Waals surface area contributed by atoms with Crippen LogP contribution in [0.5, 0.6) is 0 Å². The Morgan fingerprint density at radius 2 is 2.25 bits per heavy atom. The van der Waals surface area contributed by atoms with Gasteiger partial charge in [0.15, 0.2) is 20.7 Å². The minimum atomic E-state index is -2.96. The summed E-state index contributed by atoms with van der Waals surface area (Å²) >= 11 is 1.40. The third kappa shape index (κ3) is 3.12. The maximum atomic E-state index is 11.8. The van der Waals surface area contributed by atoms with E-state index < -0.39 is 15.8 Å². The lowest BCUT2D eigenvalue weighted by molar-refractivity contribution is 0.0519. The molecule has 0 bridgehead atoms. The predicted molar refractivity (Wildman–Crippen MR) is 78.3 cm³/mol. The Labute approximate surface area is 122 Å². The van der Waals surface area contributed by atoms with Gasteiger partial charge in [0.1, 0.15) is 0 Å². The maximum absolute atomic E-state index is 11.8. The maximum Gasteiger partial charge on any atom is 0.358 e. The fourth-order valence-corrected chi connectivity index (χ4v) is 4.76. The molecule has 0 saturated carbocycles. The number of hydrogen-bond acceptors (Lipinski definition) is 7. The summed E-state index contributed by atoms with van der Waals surface area (Å²) in [6, 6.07) is -0.130. The Kier molecular flexibility index (Phi) is 4.33. The number of aryl methyl sites for hydroxylation is 1. The first kappa shape index (κ1) is 15.2. The smallest absolute Gasteiger partial charge is 0.358 e. The van der Waals surface area contributed by atoms with Gasteiger partial charge in [-0.1, -0.05) is 0 Å². The number of rotatable bonds is 3. The minimum Gasteiger partial charge on any atom is -0.461 e. The van der Waals surface area contributed by atoms with Crippen LogP contribution < -0.4 is 4.90 Å². The molecule has 1 unspecified atom stereocenters. The molecule has 0 aromatic carbocycles. The van der Waals surface area contributed by atoms with Crippen LogP contribution in [0.2, 0.25) is 0 Å². The first-order valence-corrected chi connectivity index (χ1v) is 9.09. The molecule has 1 fully saturated rings. The monoisotopic (exact) mass is 318 g/mol. The summed E-state index contributed by atoms with van der Waals surface area (Å²) in [6.45, 7) is 6.15. The molecule has 1 aliphatic rings. The van der Waals surface area contributed by atoms with Crippen LogP contribution in [-0.4, -0.2) is 50.1 Å². The summed E-state index contributed by atoms with van der Waals surface area (Å²) in [5.41, 5.74) is 0.326. The second kappa shape index (κ2) is 5.69. The van der Waals surface area contributed by atoms with E-state index in [4.69, 9.17) is 4.74 Å². The van der Waals surface area contributed by atoms with Crippen LogP contribution in [-0.2, 0) is 14.6 Å². The molecule has 112 valence electrons. The van der Waals surface area contributed by atoms with E-state index in [1.807, 2.05) is 18.7 Å². The molecule has 0 spiro atoms. The van der Waals surface area contributed by atoms with E-state index in [1.165, 1.54) is 11.3 Å². The van der Waals surface area contributed by atoms with Crippen molar-refractivity contribution in [2.45, 2.75) is 26.8 Å². The molecule has 2 heterocycles. The van der Waals surface area contributed by atoms with Crippen molar-refractivity contribution >= 4 is 32.3 Å². The van der Waals surface area contributed by atoms with E-state index in [0.717, 1.165) is 4.88 Å². The van der Waals surface area contributed by atoms with Gasteiger partial charge in [-0.2, -0.15) is 0 Å². The predicted octanol–water partition coefficient (Wildman–Crippen LogP) is 1.25.